The fourth-order valence-corrected chi connectivity index (χ4v) is 2.44. The van der Waals surface area contributed by atoms with Gasteiger partial charge in [0.2, 0.25) is 0 Å². The van der Waals surface area contributed by atoms with E-state index in [4.69, 9.17) is 14.2 Å². The van der Waals surface area contributed by atoms with Gasteiger partial charge in [0.15, 0.2) is 17.5 Å². The van der Waals surface area contributed by atoms with Crippen molar-refractivity contribution in [2.45, 2.75) is 40.0 Å². The largest absolute Gasteiger partial charge is 0.490 e. The van der Waals surface area contributed by atoms with Gasteiger partial charge >= 0.3 is 0 Å². The normalized spacial score (nSPS) is 13.7. The van der Waals surface area contributed by atoms with Crippen molar-refractivity contribution in [3.63, 3.8) is 0 Å². The van der Waals surface area contributed by atoms with Crippen LogP contribution in [0.4, 0.5) is 5.69 Å². The Morgan fingerprint density at radius 3 is 2.74 bits per heavy atom. The highest BCUT2D eigenvalue weighted by Gasteiger charge is 2.11. The Morgan fingerprint density at radius 1 is 1.22 bits per heavy atom. The number of anilines is 1. The summed E-state index contributed by atoms with van der Waals surface area (Å²) < 4.78 is 17.1. The highest BCUT2D eigenvalue weighted by Crippen LogP contribution is 2.32. The van der Waals surface area contributed by atoms with Gasteiger partial charge in [-0.25, -0.2) is 0 Å². The van der Waals surface area contributed by atoms with Crippen LogP contribution in [0.25, 0.3) is 0 Å². The molecule has 0 saturated carbocycles. The summed E-state index contributed by atoms with van der Waals surface area (Å²) in [7, 11) is 0. The third kappa shape index (κ3) is 9.51. The number of guanidine groups is 1. The van der Waals surface area contributed by atoms with Crippen molar-refractivity contribution in [3.8, 4) is 11.5 Å². The summed E-state index contributed by atoms with van der Waals surface area (Å²) in [6.07, 6.45) is 2.85. The number of nitrogens with zero attached hydrogens (tertiary/aromatic N) is 1. The van der Waals surface area contributed by atoms with Crippen LogP contribution in [0.15, 0.2) is 23.2 Å². The quantitative estimate of drug-likeness (QED) is 0.234. The van der Waals surface area contributed by atoms with Gasteiger partial charge in [0.1, 0.15) is 0 Å². The van der Waals surface area contributed by atoms with E-state index in [1.165, 1.54) is 0 Å². The maximum atomic E-state index is 5.75. The van der Waals surface area contributed by atoms with Crippen molar-refractivity contribution in [2.75, 3.05) is 44.8 Å². The van der Waals surface area contributed by atoms with E-state index >= 15 is 0 Å². The predicted molar refractivity (Wildman–Crippen MR) is 122 cm³/mol. The fourth-order valence-electron chi connectivity index (χ4n) is 2.44. The molecule has 0 unspecified atom stereocenters. The molecule has 0 atom stereocenters. The van der Waals surface area contributed by atoms with E-state index in [1.54, 1.807) is 0 Å². The lowest BCUT2D eigenvalue weighted by Crippen LogP contribution is -2.32. The van der Waals surface area contributed by atoms with Gasteiger partial charge in [-0.15, -0.1) is 24.0 Å². The van der Waals surface area contributed by atoms with E-state index in [2.05, 4.69) is 36.4 Å². The van der Waals surface area contributed by atoms with Crippen molar-refractivity contribution in [3.05, 3.63) is 18.2 Å². The number of fused-ring (bicyclic) bond motifs is 1. The zero-order valence-electron chi connectivity index (χ0n) is 16.8. The summed E-state index contributed by atoms with van der Waals surface area (Å²) in [6.45, 7) is 11.0. The Hall–Kier alpha value is -1.22. The van der Waals surface area contributed by atoms with Crippen LogP contribution in [0.1, 0.15) is 40.0 Å². The molecule has 0 fully saturated rings. The third-order valence-electron chi connectivity index (χ3n) is 3.71. The Bertz CT molecular complexity index is 567. The second-order valence-electron chi connectivity index (χ2n) is 6.82. The standard InChI is InChI=1S/C20H33N3O3.HI/c1-4-9-21-20(22-10-5-11-24-15-16(2)3)23-17-7-8-18-19(14-17)26-13-6-12-25-18;/h7-8,14,16H,4-6,9-13,15H2,1-3H3,(H2,21,22,23);1H. The molecule has 0 spiro atoms. The molecule has 2 N–H and O–H groups in total. The van der Waals surface area contributed by atoms with Gasteiger partial charge in [-0.2, -0.15) is 0 Å². The molecular formula is C20H34IN3O3. The van der Waals surface area contributed by atoms with Gasteiger partial charge in [-0.3, -0.25) is 4.99 Å². The number of rotatable bonds is 9. The van der Waals surface area contributed by atoms with Gasteiger partial charge in [0.05, 0.1) is 13.2 Å². The minimum absolute atomic E-state index is 0. The molecule has 27 heavy (non-hydrogen) atoms. The van der Waals surface area contributed by atoms with Gasteiger partial charge in [0.25, 0.3) is 0 Å². The van der Waals surface area contributed by atoms with Crippen LogP contribution in [0.5, 0.6) is 11.5 Å². The lowest BCUT2D eigenvalue weighted by Gasteiger charge is -2.15. The topological polar surface area (TPSA) is 64.1 Å². The molecule has 0 radical (unpaired) electrons. The zero-order valence-corrected chi connectivity index (χ0v) is 19.1. The number of aliphatic imine (C=N–C) groups is 1. The first-order valence-corrected chi connectivity index (χ1v) is 9.71. The van der Waals surface area contributed by atoms with Crippen LogP contribution in [0.3, 0.4) is 0 Å². The first-order chi connectivity index (χ1) is 12.7. The van der Waals surface area contributed by atoms with E-state index in [-0.39, 0.29) is 24.0 Å². The monoisotopic (exact) mass is 491 g/mol. The molecule has 0 aromatic heterocycles. The summed E-state index contributed by atoms with van der Waals surface area (Å²) in [5.74, 6) is 2.94. The summed E-state index contributed by atoms with van der Waals surface area (Å²) in [4.78, 5) is 4.60. The highest BCUT2D eigenvalue weighted by molar-refractivity contribution is 14.0. The minimum Gasteiger partial charge on any atom is -0.490 e. The summed E-state index contributed by atoms with van der Waals surface area (Å²) >= 11 is 0. The maximum Gasteiger partial charge on any atom is 0.195 e. The van der Waals surface area contributed by atoms with Crippen molar-refractivity contribution in [2.24, 2.45) is 10.9 Å². The molecule has 1 heterocycles. The minimum atomic E-state index is 0. The molecule has 1 aliphatic heterocycles. The second-order valence-corrected chi connectivity index (χ2v) is 6.82. The van der Waals surface area contributed by atoms with Gasteiger partial charge in [-0.05, 0) is 30.9 Å². The van der Waals surface area contributed by atoms with Gasteiger partial charge in [0, 0.05) is 44.5 Å². The molecule has 0 saturated heterocycles. The zero-order chi connectivity index (χ0) is 18.6. The first-order valence-electron chi connectivity index (χ1n) is 9.71. The smallest absolute Gasteiger partial charge is 0.195 e. The molecule has 1 aromatic rings. The lowest BCUT2D eigenvalue weighted by molar-refractivity contribution is 0.108. The van der Waals surface area contributed by atoms with Crippen LogP contribution in [0.2, 0.25) is 0 Å². The molecular weight excluding hydrogens is 457 g/mol. The summed E-state index contributed by atoms with van der Waals surface area (Å²) in [5, 5.41) is 6.73. The van der Waals surface area contributed by atoms with E-state index in [9.17, 15) is 0 Å². The Morgan fingerprint density at radius 2 is 2.00 bits per heavy atom. The molecule has 0 aliphatic carbocycles. The Kier molecular flexibility index (Phi) is 12.2. The molecule has 154 valence electrons. The summed E-state index contributed by atoms with van der Waals surface area (Å²) in [5.41, 5.74) is 0.938. The number of benzene rings is 1. The summed E-state index contributed by atoms with van der Waals surface area (Å²) in [6, 6.07) is 5.90. The van der Waals surface area contributed by atoms with E-state index in [0.29, 0.717) is 19.1 Å². The number of hydrogen-bond donors (Lipinski definition) is 2. The molecule has 6 nitrogen and oxygen atoms in total. The molecule has 1 aliphatic rings. The number of halogens is 1. The van der Waals surface area contributed by atoms with E-state index < -0.39 is 0 Å². The van der Waals surface area contributed by atoms with E-state index in [0.717, 1.165) is 68.7 Å². The van der Waals surface area contributed by atoms with Gasteiger partial charge in [-0.1, -0.05) is 20.8 Å². The Balaban J connectivity index is 0.00000364. The van der Waals surface area contributed by atoms with Gasteiger partial charge < -0.3 is 24.8 Å². The van der Waals surface area contributed by atoms with Crippen molar-refractivity contribution in [1.82, 2.24) is 5.32 Å². The average Bonchev–Trinajstić information content (AvgIpc) is 2.87. The highest BCUT2D eigenvalue weighted by atomic mass is 127. The second kappa shape index (κ2) is 13.9. The fraction of sp³-hybridized carbons (Fsp3) is 0.650. The SMILES string of the molecule is CCCN=C(NCCCOCC(C)C)Nc1ccc2c(c1)OCCCO2.I. The maximum absolute atomic E-state index is 5.75. The third-order valence-corrected chi connectivity index (χ3v) is 3.71. The molecule has 2 rings (SSSR count). The molecule has 1 aromatic carbocycles. The molecule has 0 bridgehead atoms. The number of nitrogens with one attached hydrogen (secondary N) is 2. The van der Waals surface area contributed by atoms with Crippen LogP contribution < -0.4 is 20.1 Å². The van der Waals surface area contributed by atoms with Crippen LogP contribution >= 0.6 is 24.0 Å². The predicted octanol–water partition coefficient (Wildman–Crippen LogP) is 4.30. The molecule has 0 amide bonds. The molecule has 7 heteroatoms. The number of hydrogen-bond acceptors (Lipinski definition) is 4. The van der Waals surface area contributed by atoms with Crippen LogP contribution in [-0.2, 0) is 4.74 Å². The van der Waals surface area contributed by atoms with Crippen molar-refractivity contribution >= 4 is 35.6 Å². The van der Waals surface area contributed by atoms with Crippen molar-refractivity contribution in [1.29, 1.82) is 0 Å². The Labute approximate surface area is 180 Å². The lowest BCUT2D eigenvalue weighted by atomic mass is 10.2. The van der Waals surface area contributed by atoms with E-state index in [1.807, 2.05) is 18.2 Å². The average molecular weight is 491 g/mol. The first kappa shape index (κ1) is 23.8. The number of ether oxygens (including phenoxy) is 3. The van der Waals surface area contributed by atoms with Crippen molar-refractivity contribution < 1.29 is 14.2 Å². The van der Waals surface area contributed by atoms with Crippen LogP contribution in [-0.4, -0.2) is 45.5 Å². The van der Waals surface area contributed by atoms with Crippen LogP contribution in [0, 0.1) is 5.92 Å².